The molecule has 23 heavy (non-hydrogen) atoms. The van der Waals surface area contributed by atoms with Crippen molar-refractivity contribution in [3.63, 3.8) is 0 Å². The van der Waals surface area contributed by atoms with E-state index in [2.05, 4.69) is 55.1 Å². The molecule has 0 amide bonds. The largest absolute Gasteiger partial charge is 0.341 e. The van der Waals surface area contributed by atoms with Crippen LogP contribution in [0.2, 0.25) is 0 Å². The Balaban J connectivity index is 2.01. The predicted molar refractivity (Wildman–Crippen MR) is 95.0 cm³/mol. The highest BCUT2D eigenvalue weighted by molar-refractivity contribution is 5.71. The Labute approximate surface area is 138 Å². The average molecular weight is 312 g/mol. The van der Waals surface area contributed by atoms with Gasteiger partial charge < -0.3 is 9.80 Å². The van der Waals surface area contributed by atoms with Crippen LogP contribution < -0.4 is 4.90 Å². The second-order valence-corrected chi connectivity index (χ2v) is 6.88. The summed E-state index contributed by atoms with van der Waals surface area (Å²) in [5.41, 5.74) is 4.88. The predicted octanol–water partition coefficient (Wildman–Crippen LogP) is 4.26. The molecule has 1 heterocycles. The molecule has 0 spiro atoms. The van der Waals surface area contributed by atoms with Gasteiger partial charge in [0.05, 0.1) is 0 Å². The number of hydrogen-bond donors (Lipinski definition) is 0. The number of hydrogen-bond acceptors (Lipinski definition) is 2. The van der Waals surface area contributed by atoms with Crippen LogP contribution in [-0.2, 0) is 12.8 Å². The molecule has 3 rings (SSSR count). The number of nitrogens with zero attached hydrogens (tertiary/aromatic N) is 2. The van der Waals surface area contributed by atoms with Crippen LogP contribution in [0.25, 0.3) is 0 Å². The van der Waals surface area contributed by atoms with E-state index in [9.17, 15) is 4.39 Å². The quantitative estimate of drug-likeness (QED) is 0.832. The highest BCUT2D eigenvalue weighted by atomic mass is 19.1. The smallest absolute Gasteiger partial charge is 0.123 e. The SMILES string of the molecule is CC(CN(C)C)CN1c2ccccc2CCc2cc(F)ccc21. The molecule has 0 bridgehead atoms. The minimum Gasteiger partial charge on any atom is -0.341 e. The summed E-state index contributed by atoms with van der Waals surface area (Å²) in [6.07, 6.45) is 1.86. The van der Waals surface area contributed by atoms with Crippen LogP contribution in [0, 0.1) is 11.7 Å². The Hall–Kier alpha value is -1.87. The molecule has 1 unspecified atom stereocenters. The van der Waals surface area contributed by atoms with Crippen molar-refractivity contribution in [3.8, 4) is 0 Å². The fourth-order valence-electron chi connectivity index (χ4n) is 3.59. The maximum absolute atomic E-state index is 13.7. The number of rotatable bonds is 4. The van der Waals surface area contributed by atoms with Crippen molar-refractivity contribution in [1.29, 1.82) is 0 Å². The minimum absolute atomic E-state index is 0.143. The maximum atomic E-state index is 13.7. The van der Waals surface area contributed by atoms with Gasteiger partial charge in [0, 0.05) is 24.5 Å². The third-order valence-corrected chi connectivity index (χ3v) is 4.45. The summed E-state index contributed by atoms with van der Waals surface area (Å²) in [7, 11) is 4.21. The zero-order chi connectivity index (χ0) is 16.4. The summed E-state index contributed by atoms with van der Waals surface area (Å²) in [4.78, 5) is 4.60. The van der Waals surface area contributed by atoms with Crippen LogP contribution in [0.3, 0.4) is 0 Å². The molecular weight excluding hydrogens is 287 g/mol. The fraction of sp³-hybridized carbons (Fsp3) is 0.400. The van der Waals surface area contributed by atoms with Crippen molar-refractivity contribution in [2.24, 2.45) is 5.92 Å². The van der Waals surface area contributed by atoms with Crippen LogP contribution in [-0.4, -0.2) is 32.1 Å². The summed E-state index contributed by atoms with van der Waals surface area (Å²) in [5.74, 6) is 0.380. The first-order chi connectivity index (χ1) is 11.0. The van der Waals surface area contributed by atoms with Crippen LogP contribution in [0.15, 0.2) is 42.5 Å². The first-order valence-electron chi connectivity index (χ1n) is 8.33. The number of anilines is 2. The first kappa shape index (κ1) is 16.0. The molecule has 1 aliphatic rings. The highest BCUT2D eigenvalue weighted by Gasteiger charge is 2.22. The van der Waals surface area contributed by atoms with Crippen molar-refractivity contribution < 1.29 is 4.39 Å². The lowest BCUT2D eigenvalue weighted by Gasteiger charge is -2.30. The monoisotopic (exact) mass is 312 g/mol. The van der Waals surface area contributed by atoms with Gasteiger partial charge in [-0.15, -0.1) is 0 Å². The van der Waals surface area contributed by atoms with Gasteiger partial charge in [-0.2, -0.15) is 0 Å². The molecule has 0 fully saturated rings. The van der Waals surface area contributed by atoms with E-state index in [4.69, 9.17) is 0 Å². The number of fused-ring (bicyclic) bond motifs is 2. The van der Waals surface area contributed by atoms with Crippen LogP contribution in [0.1, 0.15) is 18.1 Å². The molecule has 1 aliphatic heterocycles. The molecule has 0 N–H and O–H groups in total. The van der Waals surface area contributed by atoms with Gasteiger partial charge in [-0.05, 0) is 68.2 Å². The Morgan fingerprint density at radius 2 is 1.74 bits per heavy atom. The van der Waals surface area contributed by atoms with Gasteiger partial charge in [-0.3, -0.25) is 0 Å². The van der Waals surface area contributed by atoms with E-state index in [1.807, 2.05) is 6.07 Å². The molecule has 0 aliphatic carbocycles. The molecule has 122 valence electrons. The van der Waals surface area contributed by atoms with Gasteiger partial charge in [0.25, 0.3) is 0 Å². The second kappa shape index (κ2) is 6.71. The second-order valence-electron chi connectivity index (χ2n) is 6.88. The maximum Gasteiger partial charge on any atom is 0.123 e. The number of halogens is 1. The normalized spacial score (nSPS) is 15.1. The van der Waals surface area contributed by atoms with E-state index in [0.717, 1.165) is 37.2 Å². The number of para-hydroxylation sites is 1. The van der Waals surface area contributed by atoms with Crippen molar-refractivity contribution in [2.45, 2.75) is 19.8 Å². The fourth-order valence-corrected chi connectivity index (χ4v) is 3.59. The minimum atomic E-state index is -0.143. The van der Waals surface area contributed by atoms with Crippen molar-refractivity contribution in [3.05, 3.63) is 59.4 Å². The molecule has 2 aromatic carbocycles. The highest BCUT2D eigenvalue weighted by Crippen LogP contribution is 2.36. The van der Waals surface area contributed by atoms with Gasteiger partial charge in [0.15, 0.2) is 0 Å². The Kier molecular flexibility index (Phi) is 4.67. The van der Waals surface area contributed by atoms with Gasteiger partial charge in [-0.1, -0.05) is 25.1 Å². The third-order valence-electron chi connectivity index (χ3n) is 4.45. The molecule has 0 saturated heterocycles. The van der Waals surface area contributed by atoms with E-state index in [1.54, 1.807) is 12.1 Å². The summed E-state index contributed by atoms with van der Waals surface area (Å²) in [6.45, 7) is 4.25. The average Bonchev–Trinajstić information content (AvgIpc) is 2.64. The third kappa shape index (κ3) is 3.56. The van der Waals surface area contributed by atoms with Crippen LogP contribution in [0.4, 0.5) is 15.8 Å². The summed E-state index contributed by atoms with van der Waals surface area (Å²) in [6, 6.07) is 13.8. The Morgan fingerprint density at radius 3 is 2.52 bits per heavy atom. The zero-order valence-electron chi connectivity index (χ0n) is 14.2. The molecule has 1 atom stereocenters. The lowest BCUT2D eigenvalue weighted by molar-refractivity contribution is 0.343. The van der Waals surface area contributed by atoms with E-state index < -0.39 is 0 Å². The lowest BCUT2D eigenvalue weighted by atomic mass is 10.0. The molecule has 3 heteroatoms. The number of aryl methyl sites for hydroxylation is 2. The van der Waals surface area contributed by atoms with Gasteiger partial charge in [0.2, 0.25) is 0 Å². The standard InChI is InChI=1S/C20H25FN2/c1-15(13-22(2)3)14-23-19-7-5-4-6-16(19)8-9-17-12-18(21)10-11-20(17)23/h4-7,10-12,15H,8-9,13-14H2,1-3H3. The van der Waals surface area contributed by atoms with Gasteiger partial charge in [0.1, 0.15) is 5.82 Å². The van der Waals surface area contributed by atoms with E-state index in [0.29, 0.717) is 5.92 Å². The topological polar surface area (TPSA) is 6.48 Å². The Bertz CT molecular complexity index is 681. The summed E-state index contributed by atoms with van der Waals surface area (Å²) < 4.78 is 13.7. The summed E-state index contributed by atoms with van der Waals surface area (Å²) in [5, 5.41) is 0. The molecule has 0 radical (unpaired) electrons. The van der Waals surface area contributed by atoms with Gasteiger partial charge in [-0.25, -0.2) is 4.39 Å². The number of benzene rings is 2. The first-order valence-corrected chi connectivity index (χ1v) is 8.33. The van der Waals surface area contributed by atoms with Crippen LogP contribution >= 0.6 is 0 Å². The molecule has 2 aromatic rings. The Morgan fingerprint density at radius 1 is 1.04 bits per heavy atom. The zero-order valence-corrected chi connectivity index (χ0v) is 14.2. The summed E-state index contributed by atoms with van der Waals surface area (Å²) >= 11 is 0. The van der Waals surface area contributed by atoms with Gasteiger partial charge >= 0.3 is 0 Å². The lowest BCUT2D eigenvalue weighted by Crippen LogP contribution is -2.30. The molecule has 0 aromatic heterocycles. The van der Waals surface area contributed by atoms with Crippen LogP contribution in [0.5, 0.6) is 0 Å². The van der Waals surface area contributed by atoms with E-state index in [-0.39, 0.29) is 5.82 Å². The van der Waals surface area contributed by atoms with Crippen molar-refractivity contribution >= 4 is 11.4 Å². The van der Waals surface area contributed by atoms with Crippen molar-refractivity contribution in [1.82, 2.24) is 4.90 Å². The van der Waals surface area contributed by atoms with E-state index in [1.165, 1.54) is 11.3 Å². The molecular formula is C20H25FN2. The molecule has 0 saturated carbocycles. The van der Waals surface area contributed by atoms with Crippen molar-refractivity contribution in [2.75, 3.05) is 32.1 Å². The van der Waals surface area contributed by atoms with E-state index >= 15 is 0 Å². The molecule has 2 nitrogen and oxygen atoms in total.